The maximum atomic E-state index is 12.4. The Labute approximate surface area is 114 Å². The van der Waals surface area contributed by atoms with Crippen LogP contribution in [0.2, 0.25) is 0 Å². The fourth-order valence-electron chi connectivity index (χ4n) is 2.26. The van der Waals surface area contributed by atoms with Gasteiger partial charge in [0, 0.05) is 18.6 Å². The lowest BCUT2D eigenvalue weighted by Crippen LogP contribution is -2.39. The van der Waals surface area contributed by atoms with E-state index in [-0.39, 0.29) is 6.04 Å². The first-order valence-corrected chi connectivity index (χ1v) is 8.47. The Morgan fingerprint density at radius 2 is 1.79 bits per heavy atom. The molecule has 0 aliphatic heterocycles. The molecule has 0 radical (unpaired) electrons. The summed E-state index contributed by atoms with van der Waals surface area (Å²) >= 11 is 0. The van der Waals surface area contributed by atoms with Crippen LogP contribution < -0.4 is 10.0 Å². The van der Waals surface area contributed by atoms with Crippen molar-refractivity contribution in [3.63, 3.8) is 0 Å². The van der Waals surface area contributed by atoms with Gasteiger partial charge in [-0.15, -0.1) is 0 Å². The Morgan fingerprint density at radius 3 is 2.42 bits per heavy atom. The summed E-state index contributed by atoms with van der Waals surface area (Å²) in [6.45, 7) is 0.631. The Kier molecular flexibility index (Phi) is 3.60. The van der Waals surface area contributed by atoms with Gasteiger partial charge >= 0.3 is 0 Å². The van der Waals surface area contributed by atoms with E-state index in [4.69, 9.17) is 0 Å². The average Bonchev–Trinajstić information content (AvgIpc) is 3.16. The minimum Gasteiger partial charge on any atom is -0.310 e. The molecule has 2 saturated carbocycles. The minimum absolute atomic E-state index is 0.134. The van der Waals surface area contributed by atoms with Crippen molar-refractivity contribution in [2.24, 2.45) is 0 Å². The molecule has 0 unspecified atom stereocenters. The van der Waals surface area contributed by atoms with Gasteiger partial charge in [-0.25, -0.2) is 13.1 Å². The normalized spacial score (nSPS) is 20.2. The highest BCUT2D eigenvalue weighted by molar-refractivity contribution is 7.89. The number of sulfonamides is 1. The molecule has 3 rings (SSSR count). The molecule has 0 aromatic heterocycles. The smallest absolute Gasteiger partial charge is 0.241 e. The number of benzene rings is 1. The molecule has 0 atom stereocenters. The monoisotopic (exact) mass is 280 g/mol. The van der Waals surface area contributed by atoms with Crippen molar-refractivity contribution >= 4 is 10.0 Å². The van der Waals surface area contributed by atoms with Gasteiger partial charge in [-0.05, 0) is 37.3 Å². The van der Waals surface area contributed by atoms with Crippen LogP contribution >= 0.6 is 0 Å². The zero-order valence-electron chi connectivity index (χ0n) is 10.9. The van der Waals surface area contributed by atoms with Gasteiger partial charge in [0.25, 0.3) is 0 Å². The second-order valence-corrected chi connectivity index (χ2v) is 7.19. The van der Waals surface area contributed by atoms with E-state index in [1.54, 1.807) is 12.1 Å². The molecule has 2 aliphatic rings. The SMILES string of the molecule is O=S(=O)(NC1CCC1)c1ccccc1CNC1CC1. The van der Waals surface area contributed by atoms with Gasteiger partial charge in [-0.1, -0.05) is 24.6 Å². The summed E-state index contributed by atoms with van der Waals surface area (Å²) < 4.78 is 27.6. The van der Waals surface area contributed by atoms with Crippen LogP contribution in [-0.4, -0.2) is 20.5 Å². The summed E-state index contributed by atoms with van der Waals surface area (Å²) in [6.07, 6.45) is 5.45. The lowest BCUT2D eigenvalue weighted by molar-refractivity contribution is 0.383. The highest BCUT2D eigenvalue weighted by Crippen LogP contribution is 2.24. The van der Waals surface area contributed by atoms with Crippen molar-refractivity contribution in [2.45, 2.75) is 55.6 Å². The van der Waals surface area contributed by atoms with Gasteiger partial charge in [0.05, 0.1) is 4.90 Å². The topological polar surface area (TPSA) is 58.2 Å². The first kappa shape index (κ1) is 13.1. The Morgan fingerprint density at radius 1 is 1.05 bits per heavy atom. The Balaban J connectivity index is 1.76. The van der Waals surface area contributed by atoms with Gasteiger partial charge in [-0.2, -0.15) is 0 Å². The zero-order chi connectivity index (χ0) is 13.3. The molecule has 2 fully saturated rings. The summed E-state index contributed by atoms with van der Waals surface area (Å²) in [4.78, 5) is 0.426. The van der Waals surface area contributed by atoms with Crippen LogP contribution in [0.25, 0.3) is 0 Å². The lowest BCUT2D eigenvalue weighted by Gasteiger charge is -2.26. The first-order chi connectivity index (χ1) is 9.15. The Hall–Kier alpha value is -0.910. The summed E-state index contributed by atoms with van der Waals surface area (Å²) in [6, 6.07) is 7.99. The minimum atomic E-state index is -3.37. The van der Waals surface area contributed by atoms with Crippen molar-refractivity contribution in [1.82, 2.24) is 10.0 Å². The van der Waals surface area contributed by atoms with Crippen LogP contribution in [0.1, 0.15) is 37.7 Å². The predicted octanol–water partition coefficient (Wildman–Crippen LogP) is 1.77. The van der Waals surface area contributed by atoms with Crippen LogP contribution in [0.5, 0.6) is 0 Å². The zero-order valence-corrected chi connectivity index (χ0v) is 11.7. The summed E-state index contributed by atoms with van der Waals surface area (Å²) in [5.74, 6) is 0. The van der Waals surface area contributed by atoms with E-state index in [2.05, 4.69) is 10.0 Å². The van der Waals surface area contributed by atoms with Crippen molar-refractivity contribution in [2.75, 3.05) is 0 Å². The van der Waals surface area contributed by atoms with Gasteiger partial charge in [0.1, 0.15) is 0 Å². The number of hydrogen-bond acceptors (Lipinski definition) is 3. The van der Waals surface area contributed by atoms with E-state index >= 15 is 0 Å². The van der Waals surface area contributed by atoms with Crippen LogP contribution in [-0.2, 0) is 16.6 Å². The van der Waals surface area contributed by atoms with Crippen LogP contribution in [0.4, 0.5) is 0 Å². The molecule has 5 heteroatoms. The van der Waals surface area contributed by atoms with E-state index < -0.39 is 10.0 Å². The number of nitrogens with one attached hydrogen (secondary N) is 2. The third kappa shape index (κ3) is 3.16. The summed E-state index contributed by atoms with van der Waals surface area (Å²) in [7, 11) is -3.37. The lowest BCUT2D eigenvalue weighted by atomic mass is 9.94. The molecule has 0 bridgehead atoms. The quantitative estimate of drug-likeness (QED) is 0.835. The molecule has 1 aromatic rings. The van der Waals surface area contributed by atoms with Crippen molar-refractivity contribution < 1.29 is 8.42 Å². The molecular weight excluding hydrogens is 260 g/mol. The molecule has 2 aliphatic carbocycles. The van der Waals surface area contributed by atoms with Crippen LogP contribution in [0.15, 0.2) is 29.2 Å². The average molecular weight is 280 g/mol. The van der Waals surface area contributed by atoms with Crippen LogP contribution in [0, 0.1) is 0 Å². The molecule has 0 saturated heterocycles. The molecule has 19 heavy (non-hydrogen) atoms. The number of hydrogen-bond donors (Lipinski definition) is 2. The van der Waals surface area contributed by atoms with E-state index in [1.807, 2.05) is 12.1 Å². The van der Waals surface area contributed by atoms with Crippen molar-refractivity contribution in [3.05, 3.63) is 29.8 Å². The number of rotatable bonds is 6. The fourth-order valence-corrected chi connectivity index (χ4v) is 3.81. The maximum absolute atomic E-state index is 12.4. The van der Waals surface area contributed by atoms with Crippen LogP contribution in [0.3, 0.4) is 0 Å². The highest BCUT2D eigenvalue weighted by atomic mass is 32.2. The fraction of sp³-hybridized carbons (Fsp3) is 0.571. The molecular formula is C14H20N2O2S. The van der Waals surface area contributed by atoms with Crippen molar-refractivity contribution in [3.8, 4) is 0 Å². The van der Waals surface area contributed by atoms with E-state index in [0.29, 0.717) is 17.5 Å². The van der Waals surface area contributed by atoms with Gasteiger partial charge in [-0.3, -0.25) is 0 Å². The van der Waals surface area contributed by atoms with Gasteiger partial charge in [0.15, 0.2) is 0 Å². The maximum Gasteiger partial charge on any atom is 0.241 e. The largest absolute Gasteiger partial charge is 0.310 e. The Bertz CT molecular complexity index is 548. The predicted molar refractivity (Wildman–Crippen MR) is 74.3 cm³/mol. The second-order valence-electron chi connectivity index (χ2n) is 5.51. The van der Waals surface area contributed by atoms with E-state index in [9.17, 15) is 8.42 Å². The standard InChI is InChI=1S/C14H20N2O2S/c17-19(18,16-13-5-3-6-13)14-7-2-1-4-11(14)10-15-12-8-9-12/h1-2,4,7,12-13,15-16H,3,5-6,8-10H2. The molecule has 104 valence electrons. The first-order valence-electron chi connectivity index (χ1n) is 6.99. The van der Waals surface area contributed by atoms with Crippen molar-refractivity contribution in [1.29, 1.82) is 0 Å². The highest BCUT2D eigenvalue weighted by Gasteiger charge is 2.27. The third-order valence-corrected chi connectivity index (χ3v) is 5.47. The molecule has 0 spiro atoms. The van der Waals surface area contributed by atoms with E-state index in [0.717, 1.165) is 24.8 Å². The summed E-state index contributed by atoms with van der Waals surface area (Å²) in [5, 5.41) is 3.37. The third-order valence-electron chi connectivity index (χ3n) is 3.85. The molecule has 0 heterocycles. The van der Waals surface area contributed by atoms with E-state index in [1.165, 1.54) is 12.8 Å². The van der Waals surface area contributed by atoms with Gasteiger partial charge in [0.2, 0.25) is 10.0 Å². The molecule has 2 N–H and O–H groups in total. The summed E-state index contributed by atoms with van der Waals surface area (Å²) in [5.41, 5.74) is 0.862. The van der Waals surface area contributed by atoms with Gasteiger partial charge < -0.3 is 5.32 Å². The molecule has 1 aromatic carbocycles. The molecule has 0 amide bonds. The molecule has 4 nitrogen and oxygen atoms in total. The second kappa shape index (κ2) is 5.23.